The Morgan fingerprint density at radius 3 is 2.08 bits per heavy atom. The van der Waals surface area contributed by atoms with Gasteiger partial charge in [0, 0.05) is 6.04 Å². The van der Waals surface area contributed by atoms with E-state index in [0.717, 1.165) is 17.9 Å². The molecule has 1 rings (SSSR count). The molecule has 0 heterocycles. The summed E-state index contributed by atoms with van der Waals surface area (Å²) >= 11 is 0. The van der Waals surface area contributed by atoms with Crippen LogP contribution < -0.4 is 0 Å². The highest BCUT2D eigenvalue weighted by Gasteiger charge is 2.24. The zero-order valence-electron chi connectivity index (χ0n) is 9.71. The van der Waals surface area contributed by atoms with E-state index in [2.05, 4.69) is 32.8 Å². The predicted molar refractivity (Wildman–Crippen MR) is 58.9 cm³/mol. The summed E-state index contributed by atoms with van der Waals surface area (Å²) in [6.07, 6.45) is 7.11. The molecule has 0 N–H and O–H groups in total. The zero-order valence-corrected chi connectivity index (χ0v) is 9.71. The van der Waals surface area contributed by atoms with Crippen LogP contribution in [-0.2, 0) is 0 Å². The van der Waals surface area contributed by atoms with Gasteiger partial charge in [-0.2, -0.15) is 0 Å². The van der Waals surface area contributed by atoms with Gasteiger partial charge in [0.05, 0.1) is 0 Å². The Morgan fingerprint density at radius 2 is 1.69 bits per heavy atom. The Kier molecular flexibility index (Phi) is 4.24. The first-order valence-corrected chi connectivity index (χ1v) is 5.81. The first kappa shape index (κ1) is 11.0. The van der Waals surface area contributed by atoms with Gasteiger partial charge in [-0.25, -0.2) is 0 Å². The van der Waals surface area contributed by atoms with Crippen LogP contribution in [0.4, 0.5) is 0 Å². The first-order chi connectivity index (χ1) is 6.15. The SMILES string of the molecule is CCC(C)[C@H]1CC[C@@H](N(C)C)CC1. The Balaban J connectivity index is 2.30. The maximum Gasteiger partial charge on any atom is 0.00893 e. The van der Waals surface area contributed by atoms with Gasteiger partial charge in [0.2, 0.25) is 0 Å². The molecule has 1 aliphatic carbocycles. The van der Waals surface area contributed by atoms with Crippen molar-refractivity contribution in [3.8, 4) is 0 Å². The van der Waals surface area contributed by atoms with Crippen LogP contribution in [0, 0.1) is 11.8 Å². The topological polar surface area (TPSA) is 3.24 Å². The van der Waals surface area contributed by atoms with E-state index in [1.165, 1.54) is 32.1 Å². The Hall–Kier alpha value is -0.0400. The average molecular weight is 183 g/mol. The van der Waals surface area contributed by atoms with Crippen LogP contribution >= 0.6 is 0 Å². The van der Waals surface area contributed by atoms with Gasteiger partial charge < -0.3 is 4.90 Å². The molecule has 0 bridgehead atoms. The van der Waals surface area contributed by atoms with E-state index in [9.17, 15) is 0 Å². The summed E-state index contributed by atoms with van der Waals surface area (Å²) in [5.41, 5.74) is 0. The van der Waals surface area contributed by atoms with E-state index >= 15 is 0 Å². The van der Waals surface area contributed by atoms with E-state index in [4.69, 9.17) is 0 Å². The van der Waals surface area contributed by atoms with E-state index in [1.54, 1.807) is 0 Å². The lowest BCUT2D eigenvalue weighted by molar-refractivity contribution is 0.162. The average Bonchev–Trinajstić information content (AvgIpc) is 2.17. The Morgan fingerprint density at radius 1 is 1.15 bits per heavy atom. The van der Waals surface area contributed by atoms with E-state index < -0.39 is 0 Å². The van der Waals surface area contributed by atoms with Crippen molar-refractivity contribution in [2.75, 3.05) is 14.1 Å². The molecule has 1 unspecified atom stereocenters. The van der Waals surface area contributed by atoms with Crippen LogP contribution in [0.3, 0.4) is 0 Å². The second kappa shape index (κ2) is 4.99. The van der Waals surface area contributed by atoms with Crippen molar-refractivity contribution in [2.24, 2.45) is 11.8 Å². The van der Waals surface area contributed by atoms with Crippen LogP contribution in [0.25, 0.3) is 0 Å². The summed E-state index contributed by atoms with van der Waals surface area (Å²) in [7, 11) is 4.43. The highest BCUT2D eigenvalue weighted by atomic mass is 15.1. The van der Waals surface area contributed by atoms with Crippen molar-refractivity contribution < 1.29 is 0 Å². The summed E-state index contributed by atoms with van der Waals surface area (Å²) in [5.74, 6) is 1.96. The van der Waals surface area contributed by atoms with Crippen LogP contribution in [0.2, 0.25) is 0 Å². The number of nitrogens with zero attached hydrogens (tertiary/aromatic N) is 1. The van der Waals surface area contributed by atoms with Gasteiger partial charge in [-0.05, 0) is 51.6 Å². The Bertz CT molecular complexity index is 134. The number of hydrogen-bond donors (Lipinski definition) is 0. The van der Waals surface area contributed by atoms with Gasteiger partial charge in [-0.1, -0.05) is 20.3 Å². The predicted octanol–water partition coefficient (Wildman–Crippen LogP) is 3.15. The molecule has 0 spiro atoms. The third kappa shape index (κ3) is 2.98. The molecule has 1 atom stereocenters. The van der Waals surface area contributed by atoms with Gasteiger partial charge in [-0.3, -0.25) is 0 Å². The molecule has 0 aromatic carbocycles. The van der Waals surface area contributed by atoms with Crippen molar-refractivity contribution in [2.45, 2.75) is 52.0 Å². The van der Waals surface area contributed by atoms with Crippen LogP contribution in [0.1, 0.15) is 46.0 Å². The molecule has 0 aromatic heterocycles. The standard InChI is InChI=1S/C12H25N/c1-5-10(2)11-6-8-12(9-7-11)13(3)4/h10-12H,5-9H2,1-4H3/t10?,11-,12+. The molecule has 1 saturated carbocycles. The number of rotatable bonds is 3. The molecule has 0 aliphatic heterocycles. The van der Waals surface area contributed by atoms with Crippen LogP contribution in [0.5, 0.6) is 0 Å². The maximum atomic E-state index is 2.42. The molecule has 1 aliphatic rings. The lowest BCUT2D eigenvalue weighted by Crippen LogP contribution is -2.33. The minimum absolute atomic E-state index is 0.861. The molecule has 1 heteroatoms. The monoisotopic (exact) mass is 183 g/mol. The molecule has 0 radical (unpaired) electrons. The zero-order chi connectivity index (χ0) is 9.84. The van der Waals surface area contributed by atoms with E-state index in [-0.39, 0.29) is 0 Å². The number of hydrogen-bond acceptors (Lipinski definition) is 1. The molecular formula is C12H25N. The molecule has 0 amide bonds. The fourth-order valence-electron chi connectivity index (χ4n) is 2.52. The Labute approximate surface area is 83.5 Å². The smallest absolute Gasteiger partial charge is 0.00893 e. The van der Waals surface area contributed by atoms with Gasteiger partial charge in [0.25, 0.3) is 0 Å². The molecule has 1 fully saturated rings. The van der Waals surface area contributed by atoms with E-state index in [0.29, 0.717) is 0 Å². The van der Waals surface area contributed by atoms with Crippen molar-refractivity contribution >= 4 is 0 Å². The largest absolute Gasteiger partial charge is 0.306 e. The minimum Gasteiger partial charge on any atom is -0.306 e. The van der Waals surface area contributed by atoms with Gasteiger partial charge in [0.1, 0.15) is 0 Å². The highest BCUT2D eigenvalue weighted by molar-refractivity contribution is 4.78. The third-order valence-electron chi connectivity index (χ3n) is 3.92. The van der Waals surface area contributed by atoms with Gasteiger partial charge in [0.15, 0.2) is 0 Å². The minimum atomic E-state index is 0.861. The maximum absolute atomic E-state index is 2.42. The summed E-state index contributed by atoms with van der Waals surface area (Å²) < 4.78 is 0. The lowest BCUT2D eigenvalue weighted by atomic mass is 9.78. The summed E-state index contributed by atoms with van der Waals surface area (Å²) in [6.45, 7) is 4.74. The first-order valence-electron chi connectivity index (χ1n) is 5.81. The quantitative estimate of drug-likeness (QED) is 0.649. The molecule has 13 heavy (non-hydrogen) atoms. The summed E-state index contributed by atoms with van der Waals surface area (Å²) in [5, 5.41) is 0. The van der Waals surface area contributed by atoms with Crippen molar-refractivity contribution in [3.63, 3.8) is 0 Å². The second-order valence-corrected chi connectivity index (χ2v) is 4.92. The van der Waals surface area contributed by atoms with Gasteiger partial charge in [-0.15, -0.1) is 0 Å². The third-order valence-corrected chi connectivity index (χ3v) is 3.92. The fraction of sp³-hybridized carbons (Fsp3) is 1.00. The van der Waals surface area contributed by atoms with Crippen molar-refractivity contribution in [1.82, 2.24) is 4.90 Å². The summed E-state index contributed by atoms with van der Waals surface area (Å²) in [6, 6.07) is 0.861. The molecular weight excluding hydrogens is 158 g/mol. The second-order valence-electron chi connectivity index (χ2n) is 4.92. The van der Waals surface area contributed by atoms with Crippen LogP contribution in [-0.4, -0.2) is 25.0 Å². The molecule has 1 nitrogen and oxygen atoms in total. The van der Waals surface area contributed by atoms with Crippen molar-refractivity contribution in [1.29, 1.82) is 0 Å². The lowest BCUT2D eigenvalue weighted by Gasteiger charge is -2.35. The summed E-state index contributed by atoms with van der Waals surface area (Å²) in [4.78, 5) is 2.40. The molecule has 0 saturated heterocycles. The normalized spacial score (nSPS) is 32.1. The molecule has 78 valence electrons. The highest BCUT2D eigenvalue weighted by Crippen LogP contribution is 2.32. The van der Waals surface area contributed by atoms with Gasteiger partial charge >= 0.3 is 0 Å². The van der Waals surface area contributed by atoms with E-state index in [1.807, 2.05) is 0 Å². The van der Waals surface area contributed by atoms with Crippen molar-refractivity contribution in [3.05, 3.63) is 0 Å². The molecule has 0 aromatic rings. The fourth-order valence-corrected chi connectivity index (χ4v) is 2.52. The van der Waals surface area contributed by atoms with Crippen LogP contribution in [0.15, 0.2) is 0 Å².